The van der Waals surface area contributed by atoms with Crippen molar-refractivity contribution in [1.29, 1.82) is 0 Å². The summed E-state index contributed by atoms with van der Waals surface area (Å²) in [6.07, 6.45) is 1.98. The summed E-state index contributed by atoms with van der Waals surface area (Å²) in [5.41, 5.74) is 2.20. The molecule has 0 saturated carbocycles. The fraction of sp³-hybridized carbons (Fsp3) is 0.636. The molecule has 1 aromatic rings. The quantitative estimate of drug-likeness (QED) is 0.568. The normalized spacial score (nSPS) is 21.4. The van der Waals surface area contributed by atoms with Crippen LogP contribution in [-0.4, -0.2) is 44.7 Å². The Morgan fingerprint density at radius 3 is 2.38 bits per heavy atom. The topological polar surface area (TPSA) is 65.0 Å². The van der Waals surface area contributed by atoms with E-state index < -0.39 is 21.7 Å². The number of carbonyl (C=O) groups excluding carboxylic acids is 1. The number of amides is 1. The number of benzene rings is 1. The van der Waals surface area contributed by atoms with Crippen LogP contribution in [0.25, 0.3) is 0 Å². The first-order valence-corrected chi connectivity index (χ1v) is 11.6. The first-order chi connectivity index (χ1) is 13.3. The van der Waals surface area contributed by atoms with Crippen molar-refractivity contribution in [3.63, 3.8) is 0 Å². The third-order valence-electron chi connectivity index (χ3n) is 5.46. The average Bonchev–Trinajstić information content (AvgIpc) is 2.88. The van der Waals surface area contributed by atoms with E-state index in [1.54, 1.807) is 4.90 Å². The molecule has 1 aliphatic heterocycles. The molecular weight excluding hydrogens is 408 g/mol. The maximum atomic E-state index is 12.9. The third kappa shape index (κ3) is 4.75. The fourth-order valence-corrected chi connectivity index (χ4v) is 4.86. The van der Waals surface area contributed by atoms with Crippen LogP contribution in [0.2, 0.25) is 5.02 Å². The predicted molar refractivity (Wildman–Crippen MR) is 119 cm³/mol. The van der Waals surface area contributed by atoms with Gasteiger partial charge in [-0.2, -0.15) is 0 Å². The zero-order valence-electron chi connectivity index (χ0n) is 18.2. The molecule has 1 spiro atoms. The summed E-state index contributed by atoms with van der Waals surface area (Å²) in [4.78, 5) is 14.2. The molecule has 7 heteroatoms. The number of fused-ring (bicyclic) bond motifs is 1. The third-order valence-corrected chi connectivity index (χ3v) is 7.21. The number of ether oxygens (including phenoxy) is 1. The fourth-order valence-electron chi connectivity index (χ4n) is 3.89. The van der Waals surface area contributed by atoms with Crippen LogP contribution in [0.3, 0.4) is 0 Å². The van der Waals surface area contributed by atoms with Crippen LogP contribution in [0.15, 0.2) is 22.6 Å². The molecule has 5 nitrogen and oxygen atoms in total. The molecule has 1 unspecified atom stereocenters. The highest BCUT2D eigenvalue weighted by molar-refractivity contribution is 7.91. The summed E-state index contributed by atoms with van der Waals surface area (Å²) in [6, 6.07) is 5.84. The lowest BCUT2D eigenvalue weighted by Crippen LogP contribution is -2.47. The van der Waals surface area contributed by atoms with Crippen molar-refractivity contribution in [1.82, 2.24) is 4.90 Å². The number of rotatable bonds is 1. The molecule has 1 atom stereocenters. The molecule has 1 heterocycles. The molecule has 1 saturated heterocycles. The van der Waals surface area contributed by atoms with Crippen LogP contribution in [0.4, 0.5) is 4.79 Å². The van der Waals surface area contributed by atoms with E-state index in [9.17, 15) is 9.35 Å². The second-order valence-electron chi connectivity index (χ2n) is 9.99. The minimum atomic E-state index is -1.36. The number of halogens is 1. The number of nitrogens with zero attached hydrogens (tertiary/aromatic N) is 2. The summed E-state index contributed by atoms with van der Waals surface area (Å²) >= 11 is 5.14. The molecule has 1 aliphatic carbocycles. The van der Waals surface area contributed by atoms with Crippen LogP contribution in [0, 0.1) is 5.41 Å². The highest BCUT2D eigenvalue weighted by Gasteiger charge is 2.49. The van der Waals surface area contributed by atoms with E-state index >= 15 is 0 Å². The SMILES string of the molecule is CC(C)(C)OC(=O)N1CCC2(CC1)Cc1c(Cl)cccc1C2=N[S+]([O-])C(C)(C)C. The zero-order chi connectivity index (χ0) is 21.6. The largest absolute Gasteiger partial charge is 0.591 e. The van der Waals surface area contributed by atoms with Crippen LogP contribution in [0.5, 0.6) is 0 Å². The molecule has 1 aromatic carbocycles. The molecule has 1 amide bonds. The second-order valence-corrected chi connectivity index (χ2v) is 12.3. The van der Waals surface area contributed by atoms with Crippen LogP contribution < -0.4 is 0 Å². The van der Waals surface area contributed by atoms with E-state index in [0.717, 1.165) is 41.1 Å². The van der Waals surface area contributed by atoms with Crippen molar-refractivity contribution in [2.24, 2.45) is 9.81 Å². The monoisotopic (exact) mass is 438 g/mol. The van der Waals surface area contributed by atoms with Crippen LogP contribution in [0.1, 0.15) is 65.5 Å². The predicted octanol–water partition coefficient (Wildman–Crippen LogP) is 5.16. The smallest absolute Gasteiger partial charge is 0.410 e. The van der Waals surface area contributed by atoms with Gasteiger partial charge in [0.05, 0.1) is 0 Å². The van der Waals surface area contributed by atoms with Gasteiger partial charge < -0.3 is 14.2 Å². The summed E-state index contributed by atoms with van der Waals surface area (Å²) in [5, 5.41) is 0.725. The molecular formula is C22H31ClN2O3S. The Kier molecular flexibility index (Phi) is 6.03. The van der Waals surface area contributed by atoms with E-state index in [1.165, 1.54) is 0 Å². The number of hydrogen-bond acceptors (Lipinski definition) is 4. The highest BCUT2D eigenvalue weighted by Crippen LogP contribution is 2.47. The van der Waals surface area contributed by atoms with Crippen molar-refractivity contribution in [2.75, 3.05) is 13.1 Å². The Bertz CT molecular complexity index is 818. The lowest BCUT2D eigenvalue weighted by Gasteiger charge is -2.39. The first-order valence-electron chi connectivity index (χ1n) is 10.1. The molecule has 29 heavy (non-hydrogen) atoms. The first kappa shape index (κ1) is 22.4. The Balaban J connectivity index is 1.89. The maximum Gasteiger partial charge on any atom is 0.410 e. The van der Waals surface area contributed by atoms with Gasteiger partial charge in [0.2, 0.25) is 0 Å². The number of hydrogen-bond donors (Lipinski definition) is 0. The molecule has 0 aromatic heterocycles. The van der Waals surface area contributed by atoms with Crippen molar-refractivity contribution >= 4 is 34.8 Å². The Morgan fingerprint density at radius 2 is 1.83 bits per heavy atom. The molecule has 2 aliphatic rings. The molecule has 160 valence electrons. The number of likely N-dealkylation sites (tertiary alicyclic amines) is 1. The standard InChI is InChI=1S/C22H31ClN2O3S/c1-20(2,3)28-19(26)25-12-10-22(11-13-25)14-16-15(8-7-9-17(16)23)18(22)24-29(27)21(4,5)6/h7-9H,10-14H2,1-6H3. The van der Waals surface area contributed by atoms with Gasteiger partial charge in [-0.25, -0.2) is 4.79 Å². The lowest BCUT2D eigenvalue weighted by atomic mass is 9.74. The Morgan fingerprint density at radius 1 is 1.21 bits per heavy atom. The number of piperidine rings is 1. The maximum absolute atomic E-state index is 12.9. The molecule has 0 radical (unpaired) electrons. The minimum absolute atomic E-state index is 0.243. The number of carbonyl (C=O) groups is 1. The van der Waals surface area contributed by atoms with Crippen molar-refractivity contribution in [2.45, 2.75) is 71.2 Å². The van der Waals surface area contributed by atoms with Gasteiger partial charge in [0, 0.05) is 29.1 Å². The van der Waals surface area contributed by atoms with E-state index in [-0.39, 0.29) is 11.5 Å². The van der Waals surface area contributed by atoms with Crippen molar-refractivity contribution in [3.8, 4) is 0 Å². The Labute approximate surface area is 182 Å². The van der Waals surface area contributed by atoms with E-state index in [1.807, 2.05) is 59.7 Å². The summed E-state index contributed by atoms with van der Waals surface area (Å²) in [7, 11) is 0. The molecule has 0 N–H and O–H groups in total. The van der Waals surface area contributed by atoms with Gasteiger partial charge in [0.25, 0.3) is 0 Å². The van der Waals surface area contributed by atoms with Crippen molar-refractivity contribution in [3.05, 3.63) is 34.3 Å². The summed E-state index contributed by atoms with van der Waals surface area (Å²) < 4.78 is 22.7. The lowest BCUT2D eigenvalue weighted by molar-refractivity contribution is 0.0159. The second kappa shape index (κ2) is 7.78. The molecule has 3 rings (SSSR count). The van der Waals surface area contributed by atoms with Gasteiger partial charge >= 0.3 is 6.09 Å². The molecule has 0 bridgehead atoms. The minimum Gasteiger partial charge on any atom is -0.591 e. The summed E-state index contributed by atoms with van der Waals surface area (Å²) in [6.45, 7) is 12.6. The van der Waals surface area contributed by atoms with E-state index in [4.69, 9.17) is 20.7 Å². The van der Waals surface area contributed by atoms with E-state index in [2.05, 4.69) is 0 Å². The molecule has 1 fully saturated rings. The van der Waals surface area contributed by atoms with E-state index in [0.29, 0.717) is 13.1 Å². The van der Waals surface area contributed by atoms with Crippen molar-refractivity contribution < 1.29 is 14.1 Å². The van der Waals surface area contributed by atoms with Gasteiger partial charge in [-0.05, 0) is 72.4 Å². The zero-order valence-corrected chi connectivity index (χ0v) is 19.7. The average molecular weight is 439 g/mol. The van der Waals surface area contributed by atoms with Gasteiger partial charge in [-0.3, -0.25) is 0 Å². The summed E-state index contributed by atoms with van der Waals surface area (Å²) in [5.74, 6) is 0. The van der Waals surface area contributed by atoms with Gasteiger partial charge in [0.1, 0.15) is 27.4 Å². The van der Waals surface area contributed by atoms with Gasteiger partial charge in [0.15, 0.2) is 0 Å². The van der Waals surface area contributed by atoms with Gasteiger partial charge in [-0.1, -0.05) is 28.1 Å². The van der Waals surface area contributed by atoms with Gasteiger partial charge in [-0.15, -0.1) is 0 Å². The Hall–Kier alpha value is -1.24. The highest BCUT2D eigenvalue weighted by atomic mass is 35.5. The van der Waals surface area contributed by atoms with Crippen LogP contribution >= 0.6 is 11.6 Å². The van der Waals surface area contributed by atoms with Crippen LogP contribution in [-0.2, 0) is 22.5 Å².